The van der Waals surface area contributed by atoms with Crippen molar-refractivity contribution in [3.8, 4) is 17.5 Å². The van der Waals surface area contributed by atoms with Gasteiger partial charge in [0.15, 0.2) is 5.82 Å². The second-order valence-electron chi connectivity index (χ2n) is 10.5. The highest BCUT2D eigenvalue weighted by molar-refractivity contribution is 6.30. The number of rotatable bonds is 5. The van der Waals surface area contributed by atoms with Gasteiger partial charge in [0.2, 0.25) is 0 Å². The number of nitrogens with one attached hydrogen (secondary N) is 1. The number of nitrogens with zero attached hydrogens (tertiary/aromatic N) is 5. The van der Waals surface area contributed by atoms with E-state index in [1.54, 1.807) is 30.9 Å². The summed E-state index contributed by atoms with van der Waals surface area (Å²) in [7, 11) is 0. The van der Waals surface area contributed by atoms with Crippen molar-refractivity contribution in [2.45, 2.75) is 46.3 Å². The first-order chi connectivity index (χ1) is 18.4. The lowest BCUT2D eigenvalue weighted by Crippen LogP contribution is -2.50. The van der Waals surface area contributed by atoms with Crippen molar-refractivity contribution < 1.29 is 13.9 Å². The third-order valence-corrected chi connectivity index (χ3v) is 6.64. The number of anilines is 2. The second kappa shape index (κ2) is 11.5. The molecule has 0 unspecified atom stereocenters. The highest BCUT2D eigenvalue weighted by Crippen LogP contribution is 2.29. The van der Waals surface area contributed by atoms with Gasteiger partial charge in [-0.15, -0.1) is 0 Å². The zero-order chi connectivity index (χ0) is 28.3. The highest BCUT2D eigenvalue weighted by atomic mass is 35.5. The fourth-order valence-corrected chi connectivity index (χ4v) is 4.53. The molecule has 0 aliphatic carbocycles. The predicted molar refractivity (Wildman–Crippen MR) is 150 cm³/mol. The predicted octanol–water partition coefficient (Wildman–Crippen LogP) is 6.35. The van der Waals surface area contributed by atoms with E-state index in [4.69, 9.17) is 16.3 Å². The molecule has 1 saturated heterocycles. The minimum atomic E-state index is -0.518. The summed E-state index contributed by atoms with van der Waals surface area (Å²) in [5.74, 6) is 0.359. The van der Waals surface area contributed by atoms with E-state index in [1.165, 1.54) is 6.07 Å². The van der Waals surface area contributed by atoms with Crippen LogP contribution in [-0.2, 0) is 4.74 Å². The molecule has 2 heterocycles. The van der Waals surface area contributed by atoms with Gasteiger partial charge in [0, 0.05) is 48.0 Å². The number of hydrogen-bond donors (Lipinski definition) is 1. The van der Waals surface area contributed by atoms with E-state index in [0.29, 0.717) is 59.7 Å². The number of ether oxygens (including phenoxy) is 1. The maximum atomic E-state index is 14.5. The lowest BCUT2D eigenvalue weighted by Gasteiger charge is -2.36. The molecule has 1 N–H and O–H groups in total. The molecule has 0 spiro atoms. The number of nitriles is 1. The van der Waals surface area contributed by atoms with Gasteiger partial charge in [-0.05, 0) is 71.0 Å². The Kier molecular flexibility index (Phi) is 8.26. The normalized spacial score (nSPS) is 14.5. The number of benzene rings is 2. The molecular formula is C29H32ClFN6O2. The van der Waals surface area contributed by atoms with Gasteiger partial charge in [0.25, 0.3) is 0 Å². The summed E-state index contributed by atoms with van der Waals surface area (Å²) in [5.41, 5.74) is 2.54. The molecule has 1 aliphatic rings. The third kappa shape index (κ3) is 6.76. The largest absolute Gasteiger partial charge is 0.444 e. The Balaban J connectivity index is 1.49. The number of hydrogen-bond acceptors (Lipinski definition) is 7. The average molecular weight is 551 g/mol. The molecule has 1 atom stereocenters. The zero-order valence-electron chi connectivity index (χ0n) is 22.8. The molecule has 1 aromatic heterocycles. The topological polar surface area (TPSA) is 94.4 Å². The Morgan fingerprint density at radius 1 is 1.13 bits per heavy atom. The molecule has 39 heavy (non-hydrogen) atoms. The maximum Gasteiger partial charge on any atom is 0.410 e. The molecular weight excluding hydrogens is 519 g/mol. The van der Waals surface area contributed by atoms with Gasteiger partial charge in [-0.3, -0.25) is 0 Å². The standard InChI is InChI=1S/C29H32ClFN6O2/c1-18(23-11-8-21(30)16-25(23)31)34-27-24(17-32)19(2)33-26(35-27)20-6-9-22(10-7-20)36-12-14-37(15-13-36)28(38)39-29(3,4)5/h6-11,16,18H,12-15H2,1-5H3,(H,33,34,35)/t18-/m1/s1. The Bertz CT molecular complexity index is 1390. The summed E-state index contributed by atoms with van der Waals surface area (Å²) < 4.78 is 20.0. The van der Waals surface area contributed by atoms with Gasteiger partial charge >= 0.3 is 6.09 Å². The molecule has 4 rings (SSSR count). The number of piperazine rings is 1. The second-order valence-corrected chi connectivity index (χ2v) is 10.9. The summed E-state index contributed by atoms with van der Waals surface area (Å²) in [6, 6.07) is 14.0. The van der Waals surface area contributed by atoms with Crippen molar-refractivity contribution in [1.82, 2.24) is 14.9 Å². The van der Waals surface area contributed by atoms with Crippen LogP contribution >= 0.6 is 11.6 Å². The van der Waals surface area contributed by atoms with Gasteiger partial charge < -0.3 is 19.9 Å². The van der Waals surface area contributed by atoms with E-state index in [2.05, 4.69) is 26.3 Å². The van der Waals surface area contributed by atoms with Gasteiger partial charge in [-0.1, -0.05) is 17.7 Å². The summed E-state index contributed by atoms with van der Waals surface area (Å²) in [5, 5.41) is 13.2. The number of carbonyl (C=O) groups excluding carboxylic acids is 1. The van der Waals surface area contributed by atoms with Crippen LogP contribution < -0.4 is 10.2 Å². The number of amides is 1. The zero-order valence-corrected chi connectivity index (χ0v) is 23.5. The number of carbonyl (C=O) groups is 1. The van der Waals surface area contributed by atoms with Crippen molar-refractivity contribution in [3.05, 3.63) is 70.1 Å². The quantitative estimate of drug-likeness (QED) is 0.395. The highest BCUT2D eigenvalue weighted by Gasteiger charge is 2.26. The van der Waals surface area contributed by atoms with Crippen molar-refractivity contribution >= 4 is 29.2 Å². The fraction of sp³-hybridized carbons (Fsp3) is 0.379. The molecule has 1 aliphatic heterocycles. The van der Waals surface area contributed by atoms with Gasteiger partial charge in [0.1, 0.15) is 28.9 Å². The molecule has 1 amide bonds. The van der Waals surface area contributed by atoms with Gasteiger partial charge in [0.05, 0.1) is 11.7 Å². The van der Waals surface area contributed by atoms with Crippen LogP contribution in [0.5, 0.6) is 0 Å². The van der Waals surface area contributed by atoms with Crippen molar-refractivity contribution in [1.29, 1.82) is 5.26 Å². The lowest BCUT2D eigenvalue weighted by atomic mass is 10.1. The van der Waals surface area contributed by atoms with E-state index >= 15 is 0 Å². The summed E-state index contributed by atoms with van der Waals surface area (Å²) >= 11 is 5.89. The average Bonchev–Trinajstić information content (AvgIpc) is 2.87. The third-order valence-electron chi connectivity index (χ3n) is 6.41. The number of halogens is 2. The van der Waals surface area contributed by atoms with E-state index in [-0.39, 0.29) is 6.09 Å². The minimum absolute atomic E-state index is 0.289. The Morgan fingerprint density at radius 3 is 2.38 bits per heavy atom. The van der Waals surface area contributed by atoms with Crippen LogP contribution in [0.2, 0.25) is 5.02 Å². The SMILES string of the molecule is Cc1nc(-c2ccc(N3CCN(C(=O)OC(C)(C)C)CC3)cc2)nc(N[C@H](C)c2ccc(Cl)cc2F)c1C#N. The van der Waals surface area contributed by atoms with E-state index in [1.807, 2.05) is 45.0 Å². The van der Waals surface area contributed by atoms with Gasteiger partial charge in [-0.25, -0.2) is 19.2 Å². The Morgan fingerprint density at radius 2 is 1.79 bits per heavy atom. The first-order valence-corrected chi connectivity index (χ1v) is 13.2. The molecule has 0 radical (unpaired) electrons. The molecule has 2 aromatic carbocycles. The maximum absolute atomic E-state index is 14.5. The van der Waals surface area contributed by atoms with Crippen LogP contribution in [0.15, 0.2) is 42.5 Å². The molecule has 8 nitrogen and oxygen atoms in total. The van der Waals surface area contributed by atoms with E-state index < -0.39 is 17.5 Å². The van der Waals surface area contributed by atoms with E-state index in [0.717, 1.165) is 11.3 Å². The monoisotopic (exact) mass is 550 g/mol. The number of aromatic nitrogens is 2. The van der Waals surface area contributed by atoms with Crippen molar-refractivity contribution in [2.75, 3.05) is 36.4 Å². The van der Waals surface area contributed by atoms with Crippen LogP contribution in [0.4, 0.5) is 20.7 Å². The van der Waals surface area contributed by atoms with Crippen LogP contribution in [0.3, 0.4) is 0 Å². The van der Waals surface area contributed by atoms with Gasteiger partial charge in [-0.2, -0.15) is 5.26 Å². The van der Waals surface area contributed by atoms with Crippen LogP contribution in [0.25, 0.3) is 11.4 Å². The van der Waals surface area contributed by atoms with Crippen LogP contribution in [0, 0.1) is 24.1 Å². The molecule has 3 aromatic rings. The first kappa shape index (κ1) is 28.1. The van der Waals surface area contributed by atoms with E-state index in [9.17, 15) is 14.4 Å². The summed E-state index contributed by atoms with van der Waals surface area (Å²) in [6.07, 6.45) is -0.289. The molecule has 10 heteroatoms. The molecule has 0 saturated carbocycles. The first-order valence-electron chi connectivity index (χ1n) is 12.8. The smallest absolute Gasteiger partial charge is 0.410 e. The fourth-order valence-electron chi connectivity index (χ4n) is 4.37. The number of aryl methyl sites for hydroxylation is 1. The Hall–Kier alpha value is -3.90. The molecule has 0 bridgehead atoms. The van der Waals surface area contributed by atoms with Crippen molar-refractivity contribution in [3.63, 3.8) is 0 Å². The van der Waals surface area contributed by atoms with Crippen LogP contribution in [0.1, 0.15) is 50.6 Å². The molecule has 204 valence electrons. The summed E-state index contributed by atoms with van der Waals surface area (Å²) in [6.45, 7) is 11.7. The van der Waals surface area contributed by atoms with Crippen molar-refractivity contribution in [2.24, 2.45) is 0 Å². The summed E-state index contributed by atoms with van der Waals surface area (Å²) in [4.78, 5) is 25.5. The Labute approximate surface area is 233 Å². The molecule has 1 fully saturated rings. The van der Waals surface area contributed by atoms with Crippen LogP contribution in [-0.4, -0.2) is 52.7 Å². The minimum Gasteiger partial charge on any atom is -0.444 e. The lowest BCUT2D eigenvalue weighted by molar-refractivity contribution is 0.0240.